The molecule has 0 fully saturated rings. The predicted octanol–water partition coefficient (Wildman–Crippen LogP) is 0.815. The van der Waals surface area contributed by atoms with Gasteiger partial charge in [0, 0.05) is 11.1 Å². The summed E-state index contributed by atoms with van der Waals surface area (Å²) in [5.41, 5.74) is -0.708. The van der Waals surface area contributed by atoms with Crippen molar-refractivity contribution in [2.45, 2.75) is 12.2 Å². The van der Waals surface area contributed by atoms with Gasteiger partial charge in [0.2, 0.25) is 0 Å². The van der Waals surface area contributed by atoms with Crippen LogP contribution in [0.25, 0.3) is 0 Å². The van der Waals surface area contributed by atoms with Gasteiger partial charge in [-0.25, -0.2) is 4.79 Å². The van der Waals surface area contributed by atoms with Gasteiger partial charge in [0.05, 0.1) is 17.6 Å². The Morgan fingerprint density at radius 2 is 2.11 bits per heavy atom. The van der Waals surface area contributed by atoms with E-state index in [1.165, 1.54) is 6.07 Å². The molecule has 98 valence electrons. The van der Waals surface area contributed by atoms with E-state index < -0.39 is 28.8 Å². The zero-order valence-electron chi connectivity index (χ0n) is 9.24. The second-order valence-corrected chi connectivity index (χ2v) is 3.81. The van der Waals surface area contributed by atoms with Gasteiger partial charge in [0.15, 0.2) is 6.10 Å². The second kappa shape index (κ2) is 5.76. The molecule has 0 saturated heterocycles. The van der Waals surface area contributed by atoms with E-state index in [1.54, 1.807) is 0 Å². The molecule has 2 atom stereocenters. The molecule has 0 spiro atoms. The van der Waals surface area contributed by atoms with Crippen LogP contribution in [0, 0.1) is 10.1 Å². The monoisotopic (exact) mass is 275 g/mol. The quantitative estimate of drug-likeness (QED) is 0.478. The number of nitro benzene ring substituents is 1. The summed E-state index contributed by atoms with van der Waals surface area (Å²) in [5.74, 6) is -1.09. The van der Waals surface area contributed by atoms with Crippen molar-refractivity contribution in [2.24, 2.45) is 0 Å². The average molecular weight is 276 g/mol. The summed E-state index contributed by atoms with van der Waals surface area (Å²) in [6, 6.07) is 3.48. The van der Waals surface area contributed by atoms with E-state index in [-0.39, 0.29) is 10.6 Å². The van der Waals surface area contributed by atoms with Crippen molar-refractivity contribution in [3.63, 3.8) is 0 Å². The summed E-state index contributed by atoms with van der Waals surface area (Å²) >= 11 is 5.59. The number of carbonyl (C=O) groups excluding carboxylic acids is 1. The van der Waals surface area contributed by atoms with E-state index in [9.17, 15) is 25.1 Å². The van der Waals surface area contributed by atoms with Crippen molar-refractivity contribution < 1.29 is 24.7 Å². The fraction of sp³-hybridized carbons (Fsp3) is 0.300. The van der Waals surface area contributed by atoms with E-state index in [4.69, 9.17) is 11.6 Å². The molecule has 0 heterocycles. The number of carbonyl (C=O) groups is 1. The highest BCUT2D eigenvalue weighted by molar-refractivity contribution is 6.30. The Labute approximate surface area is 107 Å². The molecule has 0 radical (unpaired) electrons. The third-order valence-electron chi connectivity index (χ3n) is 2.25. The molecule has 0 aliphatic heterocycles. The topological polar surface area (TPSA) is 110 Å². The Morgan fingerprint density at radius 3 is 2.61 bits per heavy atom. The summed E-state index contributed by atoms with van der Waals surface area (Å²) in [7, 11) is 1.02. The molecule has 2 N–H and O–H groups in total. The summed E-state index contributed by atoms with van der Waals surface area (Å²) < 4.78 is 4.23. The zero-order valence-corrected chi connectivity index (χ0v) is 10.00. The SMILES string of the molecule is COC(=O)C(O)C(O)c1ccc(Cl)cc1[N+](=O)[O-]. The molecule has 0 saturated carbocycles. The number of rotatable bonds is 4. The molecule has 7 nitrogen and oxygen atoms in total. The van der Waals surface area contributed by atoms with Gasteiger partial charge >= 0.3 is 5.97 Å². The number of ether oxygens (including phenoxy) is 1. The first kappa shape index (κ1) is 14.4. The summed E-state index contributed by atoms with van der Waals surface area (Å²) in [4.78, 5) is 21.1. The van der Waals surface area contributed by atoms with E-state index in [0.29, 0.717) is 0 Å². The highest BCUT2D eigenvalue weighted by Crippen LogP contribution is 2.30. The number of nitro groups is 1. The molecular weight excluding hydrogens is 266 g/mol. The van der Waals surface area contributed by atoms with Crippen LogP contribution in [0.2, 0.25) is 5.02 Å². The number of aliphatic hydroxyl groups excluding tert-OH is 2. The van der Waals surface area contributed by atoms with Crippen LogP contribution in [0.4, 0.5) is 5.69 Å². The van der Waals surface area contributed by atoms with Gasteiger partial charge in [-0.2, -0.15) is 0 Å². The molecule has 1 rings (SSSR count). The van der Waals surface area contributed by atoms with Gasteiger partial charge in [-0.1, -0.05) is 11.6 Å². The van der Waals surface area contributed by atoms with E-state index >= 15 is 0 Å². The lowest BCUT2D eigenvalue weighted by molar-refractivity contribution is -0.386. The van der Waals surface area contributed by atoms with E-state index in [1.807, 2.05) is 0 Å². The van der Waals surface area contributed by atoms with Gasteiger partial charge < -0.3 is 14.9 Å². The Morgan fingerprint density at radius 1 is 1.50 bits per heavy atom. The van der Waals surface area contributed by atoms with Gasteiger partial charge in [-0.3, -0.25) is 10.1 Å². The molecule has 0 bridgehead atoms. The molecule has 2 unspecified atom stereocenters. The van der Waals surface area contributed by atoms with Crippen LogP contribution in [0.3, 0.4) is 0 Å². The van der Waals surface area contributed by atoms with Crippen molar-refractivity contribution in [1.29, 1.82) is 0 Å². The minimum Gasteiger partial charge on any atom is -0.467 e. The summed E-state index contributed by atoms with van der Waals surface area (Å²) in [5, 5.41) is 30.0. The lowest BCUT2D eigenvalue weighted by Gasteiger charge is -2.16. The number of halogens is 1. The maximum atomic E-state index is 11.0. The van der Waals surface area contributed by atoms with Crippen LogP contribution in [-0.2, 0) is 9.53 Å². The zero-order chi connectivity index (χ0) is 13.9. The standard InChI is InChI=1S/C10H10ClNO6/c1-18-10(15)9(14)8(13)6-3-2-5(11)4-7(6)12(16)17/h2-4,8-9,13-14H,1H3. The number of benzene rings is 1. The largest absolute Gasteiger partial charge is 0.467 e. The van der Waals surface area contributed by atoms with Crippen molar-refractivity contribution in [2.75, 3.05) is 7.11 Å². The van der Waals surface area contributed by atoms with Gasteiger partial charge in [0.1, 0.15) is 6.10 Å². The minimum atomic E-state index is -1.91. The Hall–Kier alpha value is -1.70. The van der Waals surface area contributed by atoms with Gasteiger partial charge in [-0.15, -0.1) is 0 Å². The van der Waals surface area contributed by atoms with Crippen LogP contribution in [0.1, 0.15) is 11.7 Å². The first-order valence-electron chi connectivity index (χ1n) is 4.76. The van der Waals surface area contributed by atoms with Crippen LogP contribution in [0.5, 0.6) is 0 Å². The number of hydrogen-bond donors (Lipinski definition) is 2. The maximum Gasteiger partial charge on any atom is 0.337 e. The lowest BCUT2D eigenvalue weighted by Crippen LogP contribution is -2.29. The molecule has 0 aliphatic rings. The molecule has 0 aliphatic carbocycles. The highest BCUT2D eigenvalue weighted by Gasteiger charge is 2.31. The average Bonchev–Trinajstić information content (AvgIpc) is 2.35. The predicted molar refractivity (Wildman–Crippen MR) is 61.1 cm³/mol. The molecule has 0 aromatic heterocycles. The third kappa shape index (κ3) is 2.95. The number of aliphatic hydroxyl groups is 2. The maximum absolute atomic E-state index is 11.0. The second-order valence-electron chi connectivity index (χ2n) is 3.37. The van der Waals surface area contributed by atoms with Crippen LogP contribution < -0.4 is 0 Å². The number of nitrogens with zero attached hydrogens (tertiary/aromatic N) is 1. The van der Waals surface area contributed by atoms with Crippen molar-refractivity contribution in [1.82, 2.24) is 0 Å². The molecular formula is C10H10ClNO6. The van der Waals surface area contributed by atoms with Gasteiger partial charge in [-0.05, 0) is 12.1 Å². The number of esters is 1. The first-order chi connectivity index (χ1) is 8.38. The number of methoxy groups -OCH3 is 1. The highest BCUT2D eigenvalue weighted by atomic mass is 35.5. The van der Waals surface area contributed by atoms with Crippen LogP contribution in [-0.4, -0.2) is 34.3 Å². The normalized spacial score (nSPS) is 13.8. The smallest absolute Gasteiger partial charge is 0.337 e. The number of hydrogen-bond acceptors (Lipinski definition) is 6. The van der Waals surface area contributed by atoms with Crippen LogP contribution in [0.15, 0.2) is 18.2 Å². The van der Waals surface area contributed by atoms with E-state index in [0.717, 1.165) is 19.2 Å². The van der Waals surface area contributed by atoms with Crippen LogP contribution >= 0.6 is 11.6 Å². The van der Waals surface area contributed by atoms with Crippen molar-refractivity contribution in [3.8, 4) is 0 Å². The Kier molecular flexibility index (Phi) is 4.60. The fourth-order valence-corrected chi connectivity index (χ4v) is 1.51. The lowest BCUT2D eigenvalue weighted by atomic mass is 10.0. The van der Waals surface area contributed by atoms with Crippen molar-refractivity contribution in [3.05, 3.63) is 38.9 Å². The summed E-state index contributed by atoms with van der Waals surface area (Å²) in [6.07, 6.45) is -3.68. The fourth-order valence-electron chi connectivity index (χ4n) is 1.34. The Bertz CT molecular complexity index is 477. The molecule has 1 aromatic rings. The van der Waals surface area contributed by atoms with E-state index in [2.05, 4.69) is 4.74 Å². The first-order valence-corrected chi connectivity index (χ1v) is 5.14. The molecule has 18 heavy (non-hydrogen) atoms. The Balaban J connectivity index is 3.16. The van der Waals surface area contributed by atoms with Gasteiger partial charge in [0.25, 0.3) is 5.69 Å². The minimum absolute atomic E-state index is 0.102. The van der Waals surface area contributed by atoms with Crippen molar-refractivity contribution >= 4 is 23.3 Å². The third-order valence-corrected chi connectivity index (χ3v) is 2.48. The summed E-state index contributed by atoms with van der Waals surface area (Å²) in [6.45, 7) is 0. The molecule has 1 aromatic carbocycles. The molecule has 8 heteroatoms. The molecule has 0 amide bonds.